The molecule has 4 nitrogen and oxygen atoms in total. The molecule has 1 heterocycles. The number of hydrogen-bond acceptors (Lipinski definition) is 3. The number of rotatable bonds is 4. The van der Waals surface area contributed by atoms with Crippen molar-refractivity contribution in [2.45, 2.75) is 6.92 Å². The van der Waals surface area contributed by atoms with E-state index in [1.165, 1.54) is 24.3 Å². The standard InChI is InChI=1S/C21H15FN2O2/c1-14-5-7-15(8-6-14)20-10-9-19(26-20)11-16(13-23)21(25)24-18-4-2-3-17(22)12-18/h2-12H,1H3,(H,24,25). The summed E-state index contributed by atoms with van der Waals surface area (Å²) in [7, 11) is 0. The second-order valence-electron chi connectivity index (χ2n) is 5.70. The summed E-state index contributed by atoms with van der Waals surface area (Å²) in [5, 5.41) is 11.7. The van der Waals surface area contributed by atoms with Crippen molar-refractivity contribution in [1.29, 1.82) is 5.26 Å². The molecule has 3 rings (SSSR count). The number of nitrogens with zero attached hydrogens (tertiary/aromatic N) is 1. The number of benzene rings is 2. The van der Waals surface area contributed by atoms with Crippen LogP contribution in [0.1, 0.15) is 11.3 Å². The summed E-state index contributed by atoms with van der Waals surface area (Å²) in [6.45, 7) is 2.00. The molecule has 0 aliphatic heterocycles. The largest absolute Gasteiger partial charge is 0.457 e. The smallest absolute Gasteiger partial charge is 0.266 e. The van der Waals surface area contributed by atoms with Crippen LogP contribution in [0.5, 0.6) is 0 Å². The van der Waals surface area contributed by atoms with Crippen LogP contribution in [0.2, 0.25) is 0 Å². The second-order valence-corrected chi connectivity index (χ2v) is 5.70. The third kappa shape index (κ3) is 4.05. The number of carbonyl (C=O) groups is 1. The van der Waals surface area contributed by atoms with Crippen molar-refractivity contribution < 1.29 is 13.6 Å². The first-order valence-corrected chi connectivity index (χ1v) is 7.91. The quantitative estimate of drug-likeness (QED) is 0.537. The number of nitriles is 1. The maximum absolute atomic E-state index is 13.2. The molecule has 0 spiro atoms. The fourth-order valence-corrected chi connectivity index (χ4v) is 2.36. The normalized spacial score (nSPS) is 11.0. The van der Waals surface area contributed by atoms with Gasteiger partial charge in [-0.05, 0) is 37.3 Å². The zero-order valence-corrected chi connectivity index (χ0v) is 14.0. The summed E-state index contributed by atoms with van der Waals surface area (Å²) >= 11 is 0. The van der Waals surface area contributed by atoms with Gasteiger partial charge in [0, 0.05) is 17.3 Å². The van der Waals surface area contributed by atoms with Gasteiger partial charge in [-0.15, -0.1) is 0 Å². The van der Waals surface area contributed by atoms with Gasteiger partial charge in [-0.2, -0.15) is 5.26 Å². The summed E-state index contributed by atoms with van der Waals surface area (Å²) in [5.41, 5.74) is 2.18. The summed E-state index contributed by atoms with van der Waals surface area (Å²) in [6.07, 6.45) is 1.35. The molecular weight excluding hydrogens is 331 g/mol. The van der Waals surface area contributed by atoms with Crippen LogP contribution < -0.4 is 5.32 Å². The Kier molecular flexibility index (Phi) is 4.95. The number of hydrogen-bond donors (Lipinski definition) is 1. The molecule has 5 heteroatoms. The van der Waals surface area contributed by atoms with Crippen LogP contribution in [0.3, 0.4) is 0 Å². The van der Waals surface area contributed by atoms with E-state index in [1.807, 2.05) is 37.3 Å². The van der Waals surface area contributed by atoms with Crippen LogP contribution in [0.25, 0.3) is 17.4 Å². The van der Waals surface area contributed by atoms with Gasteiger partial charge in [0.25, 0.3) is 5.91 Å². The van der Waals surface area contributed by atoms with Crippen LogP contribution >= 0.6 is 0 Å². The SMILES string of the molecule is Cc1ccc(-c2ccc(C=C(C#N)C(=O)Nc3cccc(F)c3)o2)cc1. The first-order chi connectivity index (χ1) is 12.5. The molecule has 0 saturated carbocycles. The number of halogens is 1. The van der Waals surface area contributed by atoms with E-state index in [-0.39, 0.29) is 11.3 Å². The van der Waals surface area contributed by atoms with Crippen molar-refractivity contribution in [3.8, 4) is 17.4 Å². The predicted octanol–water partition coefficient (Wildman–Crippen LogP) is 4.94. The lowest BCUT2D eigenvalue weighted by Gasteiger charge is -2.03. The van der Waals surface area contributed by atoms with Gasteiger partial charge in [-0.1, -0.05) is 35.9 Å². The van der Waals surface area contributed by atoms with Gasteiger partial charge >= 0.3 is 0 Å². The Hall–Kier alpha value is -3.65. The first kappa shape index (κ1) is 17.2. The molecule has 26 heavy (non-hydrogen) atoms. The van der Waals surface area contributed by atoms with Crippen LogP contribution in [0.4, 0.5) is 10.1 Å². The lowest BCUT2D eigenvalue weighted by atomic mass is 10.1. The van der Waals surface area contributed by atoms with Gasteiger partial charge in [0.2, 0.25) is 0 Å². The highest BCUT2D eigenvalue weighted by Crippen LogP contribution is 2.24. The number of carbonyl (C=O) groups excluding carboxylic acids is 1. The van der Waals surface area contributed by atoms with E-state index in [0.717, 1.165) is 11.1 Å². The summed E-state index contributed by atoms with van der Waals surface area (Å²) in [6, 6.07) is 18.6. The van der Waals surface area contributed by atoms with Gasteiger partial charge in [-0.25, -0.2) is 4.39 Å². The van der Waals surface area contributed by atoms with E-state index in [4.69, 9.17) is 4.42 Å². The van der Waals surface area contributed by atoms with E-state index in [9.17, 15) is 14.4 Å². The lowest BCUT2D eigenvalue weighted by Crippen LogP contribution is -2.13. The lowest BCUT2D eigenvalue weighted by molar-refractivity contribution is -0.112. The molecule has 128 valence electrons. The second kappa shape index (κ2) is 7.49. The Morgan fingerprint density at radius 2 is 1.92 bits per heavy atom. The van der Waals surface area contributed by atoms with Gasteiger partial charge in [-0.3, -0.25) is 4.79 Å². The Balaban J connectivity index is 1.80. The summed E-state index contributed by atoms with van der Waals surface area (Å²) in [5.74, 6) is -0.0870. The fraction of sp³-hybridized carbons (Fsp3) is 0.0476. The minimum atomic E-state index is -0.633. The van der Waals surface area contributed by atoms with Crippen molar-refractivity contribution in [3.63, 3.8) is 0 Å². The van der Waals surface area contributed by atoms with E-state index in [1.54, 1.807) is 18.2 Å². The molecule has 0 unspecified atom stereocenters. The minimum absolute atomic E-state index is 0.140. The number of aryl methyl sites for hydroxylation is 1. The van der Waals surface area contributed by atoms with E-state index >= 15 is 0 Å². The Morgan fingerprint density at radius 3 is 2.62 bits per heavy atom. The van der Waals surface area contributed by atoms with Gasteiger partial charge in [0.15, 0.2) is 0 Å². The van der Waals surface area contributed by atoms with Crippen LogP contribution in [-0.4, -0.2) is 5.91 Å². The number of furan rings is 1. The summed E-state index contributed by atoms with van der Waals surface area (Å²) in [4.78, 5) is 12.2. The van der Waals surface area contributed by atoms with Crippen LogP contribution in [-0.2, 0) is 4.79 Å². The average Bonchev–Trinajstić information content (AvgIpc) is 3.09. The molecular formula is C21H15FN2O2. The average molecular weight is 346 g/mol. The molecule has 0 saturated heterocycles. The molecule has 1 amide bonds. The maximum atomic E-state index is 13.2. The summed E-state index contributed by atoms with van der Waals surface area (Å²) < 4.78 is 18.9. The number of anilines is 1. The molecule has 0 atom stereocenters. The number of amides is 1. The molecule has 3 aromatic rings. The van der Waals surface area contributed by atoms with E-state index < -0.39 is 11.7 Å². The molecule has 1 aromatic heterocycles. The molecule has 0 bridgehead atoms. The van der Waals surface area contributed by atoms with Crippen molar-refractivity contribution >= 4 is 17.7 Å². The molecule has 0 aliphatic rings. The Labute approximate surface area is 150 Å². The van der Waals surface area contributed by atoms with E-state index in [0.29, 0.717) is 11.5 Å². The van der Waals surface area contributed by atoms with Gasteiger partial charge < -0.3 is 9.73 Å². The highest BCUT2D eigenvalue weighted by Gasteiger charge is 2.12. The van der Waals surface area contributed by atoms with Crippen LogP contribution in [0.15, 0.2) is 70.7 Å². The number of nitrogens with one attached hydrogen (secondary N) is 1. The molecule has 1 N–H and O–H groups in total. The minimum Gasteiger partial charge on any atom is -0.457 e. The third-order valence-corrected chi connectivity index (χ3v) is 3.70. The van der Waals surface area contributed by atoms with E-state index in [2.05, 4.69) is 5.32 Å². The highest BCUT2D eigenvalue weighted by molar-refractivity contribution is 6.09. The Morgan fingerprint density at radius 1 is 1.15 bits per heavy atom. The topological polar surface area (TPSA) is 66.0 Å². The molecule has 0 fully saturated rings. The Bertz CT molecular complexity index is 1010. The zero-order valence-electron chi connectivity index (χ0n) is 14.0. The fourth-order valence-electron chi connectivity index (χ4n) is 2.36. The maximum Gasteiger partial charge on any atom is 0.266 e. The molecule has 0 radical (unpaired) electrons. The van der Waals surface area contributed by atoms with Crippen molar-refractivity contribution in [2.75, 3.05) is 5.32 Å². The third-order valence-electron chi connectivity index (χ3n) is 3.70. The van der Waals surface area contributed by atoms with Crippen molar-refractivity contribution in [1.82, 2.24) is 0 Å². The van der Waals surface area contributed by atoms with Crippen molar-refractivity contribution in [2.24, 2.45) is 0 Å². The van der Waals surface area contributed by atoms with Crippen molar-refractivity contribution in [3.05, 3.63) is 83.4 Å². The highest BCUT2D eigenvalue weighted by atomic mass is 19.1. The monoisotopic (exact) mass is 346 g/mol. The predicted molar refractivity (Wildman–Crippen MR) is 97.5 cm³/mol. The molecule has 0 aliphatic carbocycles. The molecule has 2 aromatic carbocycles. The first-order valence-electron chi connectivity index (χ1n) is 7.91. The zero-order chi connectivity index (χ0) is 18.5. The van der Waals surface area contributed by atoms with Crippen LogP contribution in [0, 0.1) is 24.1 Å². The van der Waals surface area contributed by atoms with Gasteiger partial charge in [0.1, 0.15) is 29.0 Å². The van der Waals surface area contributed by atoms with Gasteiger partial charge in [0.05, 0.1) is 0 Å².